The summed E-state index contributed by atoms with van der Waals surface area (Å²) >= 11 is 5.89. The molecular weight excluding hydrogens is 246 g/mol. The van der Waals surface area contributed by atoms with Gasteiger partial charge < -0.3 is 9.73 Å². The highest BCUT2D eigenvalue weighted by Gasteiger charge is 2.21. The van der Waals surface area contributed by atoms with Gasteiger partial charge in [0.05, 0.1) is 6.04 Å². The molecule has 1 aliphatic carbocycles. The molecule has 2 rings (SSSR count). The van der Waals surface area contributed by atoms with Crippen molar-refractivity contribution >= 4 is 11.6 Å². The van der Waals surface area contributed by atoms with Crippen molar-refractivity contribution < 1.29 is 4.42 Å². The molecule has 102 valence electrons. The van der Waals surface area contributed by atoms with Crippen molar-refractivity contribution in [1.82, 2.24) is 5.32 Å². The van der Waals surface area contributed by atoms with Crippen LogP contribution in [0.2, 0.25) is 5.22 Å². The smallest absolute Gasteiger partial charge is 0.193 e. The third-order valence-electron chi connectivity index (χ3n) is 3.87. The Morgan fingerprint density at radius 3 is 2.72 bits per heavy atom. The van der Waals surface area contributed by atoms with Crippen LogP contribution in [-0.2, 0) is 0 Å². The van der Waals surface area contributed by atoms with Crippen molar-refractivity contribution in [3.05, 3.63) is 23.1 Å². The van der Waals surface area contributed by atoms with E-state index in [4.69, 9.17) is 16.0 Å². The van der Waals surface area contributed by atoms with E-state index in [1.807, 2.05) is 12.1 Å². The molecule has 1 aliphatic rings. The van der Waals surface area contributed by atoms with Crippen molar-refractivity contribution in [3.63, 3.8) is 0 Å². The predicted molar refractivity (Wildman–Crippen MR) is 75.9 cm³/mol. The van der Waals surface area contributed by atoms with E-state index in [0.717, 1.165) is 24.6 Å². The van der Waals surface area contributed by atoms with Crippen molar-refractivity contribution in [2.75, 3.05) is 6.54 Å². The second-order valence-electron chi connectivity index (χ2n) is 5.39. The summed E-state index contributed by atoms with van der Waals surface area (Å²) in [7, 11) is 0. The van der Waals surface area contributed by atoms with Crippen molar-refractivity contribution in [2.24, 2.45) is 5.92 Å². The average Bonchev–Trinajstić information content (AvgIpc) is 2.82. The lowest BCUT2D eigenvalue weighted by molar-refractivity contribution is 0.280. The third-order valence-corrected chi connectivity index (χ3v) is 4.08. The van der Waals surface area contributed by atoms with Crippen LogP contribution < -0.4 is 5.32 Å². The molecule has 1 fully saturated rings. The molecule has 2 nitrogen and oxygen atoms in total. The van der Waals surface area contributed by atoms with Crippen molar-refractivity contribution in [3.8, 4) is 0 Å². The fourth-order valence-corrected chi connectivity index (χ4v) is 3.04. The van der Waals surface area contributed by atoms with Crippen LogP contribution in [0.1, 0.15) is 63.7 Å². The molecule has 1 N–H and O–H groups in total. The number of rotatable bonds is 6. The van der Waals surface area contributed by atoms with Gasteiger partial charge in [0.15, 0.2) is 5.22 Å². The topological polar surface area (TPSA) is 25.2 Å². The Kier molecular flexibility index (Phi) is 5.58. The van der Waals surface area contributed by atoms with Crippen LogP contribution >= 0.6 is 11.6 Å². The summed E-state index contributed by atoms with van der Waals surface area (Å²) < 4.78 is 5.59. The van der Waals surface area contributed by atoms with E-state index in [0.29, 0.717) is 11.3 Å². The van der Waals surface area contributed by atoms with Gasteiger partial charge in [-0.3, -0.25) is 0 Å². The summed E-state index contributed by atoms with van der Waals surface area (Å²) in [5, 5.41) is 4.09. The quantitative estimate of drug-likeness (QED) is 0.791. The molecule has 1 aromatic heterocycles. The van der Waals surface area contributed by atoms with Crippen LogP contribution in [0, 0.1) is 5.92 Å². The van der Waals surface area contributed by atoms with Gasteiger partial charge >= 0.3 is 0 Å². The molecule has 0 aromatic carbocycles. The van der Waals surface area contributed by atoms with Gasteiger partial charge in [-0.05, 0) is 49.0 Å². The van der Waals surface area contributed by atoms with Gasteiger partial charge in [-0.1, -0.05) is 39.0 Å². The highest BCUT2D eigenvalue weighted by molar-refractivity contribution is 6.28. The Labute approximate surface area is 115 Å². The summed E-state index contributed by atoms with van der Waals surface area (Å²) in [6.45, 7) is 3.23. The second-order valence-corrected chi connectivity index (χ2v) is 5.76. The van der Waals surface area contributed by atoms with Crippen molar-refractivity contribution in [2.45, 2.75) is 57.9 Å². The fraction of sp³-hybridized carbons (Fsp3) is 0.733. The van der Waals surface area contributed by atoms with Crippen LogP contribution in [0.25, 0.3) is 0 Å². The van der Waals surface area contributed by atoms with Crippen LogP contribution in [0.3, 0.4) is 0 Å². The van der Waals surface area contributed by atoms with Gasteiger partial charge in [0.1, 0.15) is 5.76 Å². The Bertz CT molecular complexity index is 344. The molecule has 1 heterocycles. The zero-order chi connectivity index (χ0) is 12.8. The first kappa shape index (κ1) is 14.0. The fourth-order valence-electron chi connectivity index (χ4n) is 2.89. The molecular formula is C15H24ClNO. The zero-order valence-corrected chi connectivity index (χ0v) is 12.0. The number of nitrogens with one attached hydrogen (secondary N) is 1. The minimum absolute atomic E-state index is 0.334. The Morgan fingerprint density at radius 2 is 2.11 bits per heavy atom. The summed E-state index contributed by atoms with van der Waals surface area (Å²) in [5.41, 5.74) is 0. The molecule has 0 saturated heterocycles. The zero-order valence-electron chi connectivity index (χ0n) is 11.3. The van der Waals surface area contributed by atoms with Gasteiger partial charge in [0.2, 0.25) is 0 Å². The summed E-state index contributed by atoms with van der Waals surface area (Å²) in [6.07, 6.45) is 9.28. The maximum Gasteiger partial charge on any atom is 0.193 e. The molecule has 1 saturated carbocycles. The lowest BCUT2D eigenvalue weighted by Crippen LogP contribution is -2.25. The molecule has 0 spiro atoms. The van der Waals surface area contributed by atoms with E-state index in [-0.39, 0.29) is 0 Å². The van der Waals surface area contributed by atoms with Crippen LogP contribution in [-0.4, -0.2) is 6.54 Å². The number of halogens is 1. The van der Waals surface area contributed by atoms with Gasteiger partial charge in [-0.2, -0.15) is 0 Å². The third kappa shape index (κ3) is 4.03. The highest BCUT2D eigenvalue weighted by atomic mass is 35.5. The maximum absolute atomic E-state index is 5.89. The van der Waals surface area contributed by atoms with Crippen LogP contribution in [0.15, 0.2) is 16.5 Å². The molecule has 0 radical (unpaired) electrons. The van der Waals surface area contributed by atoms with E-state index in [1.165, 1.54) is 38.5 Å². The van der Waals surface area contributed by atoms with Gasteiger partial charge in [0.25, 0.3) is 0 Å². The minimum Gasteiger partial charge on any atom is -0.448 e. The monoisotopic (exact) mass is 269 g/mol. The minimum atomic E-state index is 0.334. The molecule has 3 heteroatoms. The first-order chi connectivity index (χ1) is 8.79. The maximum atomic E-state index is 5.89. The summed E-state index contributed by atoms with van der Waals surface area (Å²) in [4.78, 5) is 0. The first-order valence-corrected chi connectivity index (χ1v) is 7.66. The van der Waals surface area contributed by atoms with Crippen LogP contribution in [0.4, 0.5) is 0 Å². The van der Waals surface area contributed by atoms with E-state index in [2.05, 4.69) is 12.2 Å². The number of hydrogen-bond acceptors (Lipinski definition) is 2. The summed E-state index contributed by atoms with van der Waals surface area (Å²) in [5.74, 6) is 1.84. The second kappa shape index (κ2) is 7.20. The molecule has 1 aromatic rings. The van der Waals surface area contributed by atoms with Gasteiger partial charge in [0, 0.05) is 0 Å². The van der Waals surface area contributed by atoms with Crippen molar-refractivity contribution in [1.29, 1.82) is 0 Å². The van der Waals surface area contributed by atoms with Gasteiger partial charge in [-0.25, -0.2) is 0 Å². The van der Waals surface area contributed by atoms with E-state index in [1.54, 1.807) is 0 Å². The van der Waals surface area contributed by atoms with E-state index >= 15 is 0 Å². The van der Waals surface area contributed by atoms with Gasteiger partial charge in [-0.15, -0.1) is 0 Å². The highest BCUT2D eigenvalue weighted by Crippen LogP contribution is 2.33. The average molecular weight is 270 g/mol. The molecule has 1 atom stereocenters. The lowest BCUT2D eigenvalue weighted by Gasteiger charge is -2.26. The summed E-state index contributed by atoms with van der Waals surface area (Å²) in [6, 6.07) is 4.19. The predicted octanol–water partition coefficient (Wildman–Crippen LogP) is 4.94. The SMILES string of the molecule is CCCNC(CC1CCCCC1)c1ccc(Cl)o1. The van der Waals surface area contributed by atoms with Crippen LogP contribution in [0.5, 0.6) is 0 Å². The lowest BCUT2D eigenvalue weighted by atomic mass is 9.84. The standard InChI is InChI=1S/C15H24ClNO/c1-2-10-17-13(14-8-9-15(16)18-14)11-12-6-4-3-5-7-12/h8-9,12-13,17H,2-7,10-11H2,1H3. The molecule has 1 unspecified atom stereocenters. The first-order valence-electron chi connectivity index (χ1n) is 7.28. The normalized spacial score (nSPS) is 19.0. The van der Waals surface area contributed by atoms with E-state index < -0.39 is 0 Å². The Morgan fingerprint density at radius 1 is 1.33 bits per heavy atom. The molecule has 0 amide bonds. The largest absolute Gasteiger partial charge is 0.448 e. The van der Waals surface area contributed by atoms with E-state index in [9.17, 15) is 0 Å². The number of furan rings is 1. The molecule has 0 aliphatic heterocycles. The Balaban J connectivity index is 1.95. The molecule has 18 heavy (non-hydrogen) atoms. The Hall–Kier alpha value is -0.470. The number of hydrogen-bond donors (Lipinski definition) is 1. The molecule has 0 bridgehead atoms.